The Labute approximate surface area is 120 Å². The van der Waals surface area contributed by atoms with Crippen LogP contribution in [0.3, 0.4) is 0 Å². The summed E-state index contributed by atoms with van der Waals surface area (Å²) in [5, 5.41) is 9.38. The number of nitrogens with two attached hydrogens (primary N) is 1. The van der Waals surface area contributed by atoms with Crippen LogP contribution in [0, 0.1) is 0 Å². The number of carbonyl (C=O) groups is 2. The molecular weight excluding hydrogens is 270 g/mol. The average Bonchev–Trinajstić information content (AvgIpc) is 2.86. The number of benzene rings is 1. The van der Waals surface area contributed by atoms with Crippen molar-refractivity contribution in [2.45, 2.75) is 12.5 Å². The Morgan fingerprint density at radius 1 is 1.24 bits per heavy atom. The maximum atomic E-state index is 12.7. The standard InChI is InChI=1S/C15H13N3O3/c16-10-5-3-7-17-13(10)14(19)18-11-6-2-1-4-9(11)8-12(18)15(20)21/h1-7,12H,8,16H2,(H,20,21)/t12-/m0/s1. The van der Waals surface area contributed by atoms with Crippen molar-refractivity contribution in [2.75, 3.05) is 10.6 Å². The molecule has 0 radical (unpaired) electrons. The highest BCUT2D eigenvalue weighted by molar-refractivity contribution is 6.12. The van der Waals surface area contributed by atoms with E-state index in [4.69, 9.17) is 5.73 Å². The molecule has 0 fully saturated rings. The highest BCUT2D eigenvalue weighted by Crippen LogP contribution is 2.33. The number of pyridine rings is 1. The lowest BCUT2D eigenvalue weighted by Gasteiger charge is -2.22. The number of nitrogen functional groups attached to an aromatic ring is 1. The molecule has 0 spiro atoms. The predicted octanol–water partition coefficient (Wildman–Crippen LogP) is 1.32. The Kier molecular flexibility index (Phi) is 3.06. The lowest BCUT2D eigenvalue weighted by atomic mass is 10.1. The number of carboxylic acids is 1. The fourth-order valence-corrected chi connectivity index (χ4v) is 2.55. The van der Waals surface area contributed by atoms with Crippen LogP contribution < -0.4 is 10.6 Å². The van der Waals surface area contributed by atoms with Crippen LogP contribution in [0.15, 0.2) is 42.6 Å². The number of carboxylic acid groups (broad SMARTS) is 1. The van der Waals surface area contributed by atoms with E-state index in [9.17, 15) is 14.7 Å². The lowest BCUT2D eigenvalue weighted by molar-refractivity contribution is -0.138. The van der Waals surface area contributed by atoms with Gasteiger partial charge in [-0.2, -0.15) is 0 Å². The van der Waals surface area contributed by atoms with Gasteiger partial charge in [-0.05, 0) is 23.8 Å². The molecule has 2 heterocycles. The summed E-state index contributed by atoms with van der Waals surface area (Å²) in [6.07, 6.45) is 1.74. The number of rotatable bonds is 2. The summed E-state index contributed by atoms with van der Waals surface area (Å²) >= 11 is 0. The molecule has 6 heteroatoms. The van der Waals surface area contributed by atoms with E-state index < -0.39 is 17.9 Å². The molecule has 1 aromatic heterocycles. The van der Waals surface area contributed by atoms with Gasteiger partial charge < -0.3 is 10.8 Å². The second kappa shape index (κ2) is 4.90. The van der Waals surface area contributed by atoms with E-state index in [1.807, 2.05) is 12.1 Å². The summed E-state index contributed by atoms with van der Waals surface area (Å²) in [4.78, 5) is 29.4. The van der Waals surface area contributed by atoms with Crippen LogP contribution in [0.4, 0.5) is 11.4 Å². The van der Waals surface area contributed by atoms with E-state index in [1.54, 1.807) is 24.3 Å². The number of fused-ring (bicyclic) bond motifs is 1. The molecule has 1 aromatic carbocycles. The average molecular weight is 283 g/mol. The number of aliphatic carboxylic acids is 1. The largest absolute Gasteiger partial charge is 0.480 e. The number of amides is 1. The molecule has 21 heavy (non-hydrogen) atoms. The fourth-order valence-electron chi connectivity index (χ4n) is 2.55. The number of hydrogen-bond acceptors (Lipinski definition) is 4. The van der Waals surface area contributed by atoms with E-state index in [2.05, 4.69) is 4.98 Å². The second-order valence-corrected chi connectivity index (χ2v) is 4.80. The summed E-state index contributed by atoms with van der Waals surface area (Å²) < 4.78 is 0. The van der Waals surface area contributed by atoms with E-state index in [0.29, 0.717) is 5.69 Å². The van der Waals surface area contributed by atoms with E-state index >= 15 is 0 Å². The minimum Gasteiger partial charge on any atom is -0.480 e. The molecule has 3 rings (SSSR count). The van der Waals surface area contributed by atoms with Gasteiger partial charge in [0.15, 0.2) is 5.69 Å². The molecule has 6 nitrogen and oxygen atoms in total. The molecule has 1 aliphatic rings. The minimum absolute atomic E-state index is 0.0699. The molecule has 0 aliphatic carbocycles. The van der Waals surface area contributed by atoms with Gasteiger partial charge >= 0.3 is 5.97 Å². The van der Waals surface area contributed by atoms with Gasteiger partial charge in [-0.25, -0.2) is 9.78 Å². The van der Waals surface area contributed by atoms with Gasteiger partial charge in [0.1, 0.15) is 6.04 Å². The lowest BCUT2D eigenvalue weighted by Crippen LogP contribution is -2.43. The van der Waals surface area contributed by atoms with Crippen LogP contribution in [0.5, 0.6) is 0 Å². The number of anilines is 2. The summed E-state index contributed by atoms with van der Waals surface area (Å²) in [6.45, 7) is 0. The van der Waals surface area contributed by atoms with Gasteiger partial charge in [0.2, 0.25) is 0 Å². The summed E-state index contributed by atoms with van der Waals surface area (Å²) in [6, 6.07) is 9.40. The molecule has 1 aliphatic heterocycles. The highest BCUT2D eigenvalue weighted by atomic mass is 16.4. The number of nitrogens with zero attached hydrogens (tertiary/aromatic N) is 2. The third-order valence-corrected chi connectivity index (χ3v) is 3.52. The molecular formula is C15H13N3O3. The van der Waals surface area contributed by atoms with Gasteiger partial charge in [0.05, 0.1) is 5.69 Å². The van der Waals surface area contributed by atoms with Gasteiger partial charge in [-0.15, -0.1) is 0 Å². The Bertz CT molecular complexity index is 730. The Balaban J connectivity index is 2.08. The molecule has 0 saturated heterocycles. The number of carbonyl (C=O) groups excluding carboxylic acids is 1. The quantitative estimate of drug-likeness (QED) is 0.866. The molecule has 1 atom stereocenters. The third-order valence-electron chi connectivity index (χ3n) is 3.52. The first-order valence-electron chi connectivity index (χ1n) is 6.44. The monoisotopic (exact) mass is 283 g/mol. The van der Waals surface area contributed by atoms with Crippen LogP contribution in [0.1, 0.15) is 16.1 Å². The smallest absolute Gasteiger partial charge is 0.327 e. The Hall–Kier alpha value is -2.89. The minimum atomic E-state index is -1.05. The van der Waals surface area contributed by atoms with Gasteiger partial charge in [0, 0.05) is 18.3 Å². The first-order chi connectivity index (χ1) is 10.1. The van der Waals surface area contributed by atoms with E-state index in [0.717, 1.165) is 5.56 Å². The normalized spacial score (nSPS) is 16.6. The zero-order valence-corrected chi connectivity index (χ0v) is 11.1. The zero-order valence-electron chi connectivity index (χ0n) is 11.1. The van der Waals surface area contributed by atoms with Crippen molar-refractivity contribution >= 4 is 23.3 Å². The molecule has 106 valence electrons. The number of hydrogen-bond donors (Lipinski definition) is 2. The van der Waals surface area contributed by atoms with Crippen LogP contribution in [-0.2, 0) is 11.2 Å². The second-order valence-electron chi connectivity index (χ2n) is 4.80. The highest BCUT2D eigenvalue weighted by Gasteiger charge is 2.39. The first-order valence-corrected chi connectivity index (χ1v) is 6.44. The molecule has 3 N–H and O–H groups in total. The van der Waals surface area contributed by atoms with Crippen molar-refractivity contribution in [2.24, 2.45) is 0 Å². The van der Waals surface area contributed by atoms with E-state index in [-0.39, 0.29) is 17.8 Å². The molecule has 1 amide bonds. The Morgan fingerprint density at radius 3 is 2.71 bits per heavy atom. The van der Waals surface area contributed by atoms with Crippen LogP contribution in [0.2, 0.25) is 0 Å². The van der Waals surface area contributed by atoms with Crippen molar-refractivity contribution in [3.05, 3.63) is 53.9 Å². The van der Waals surface area contributed by atoms with Gasteiger partial charge in [-0.3, -0.25) is 9.69 Å². The van der Waals surface area contributed by atoms with Gasteiger partial charge in [-0.1, -0.05) is 18.2 Å². The first kappa shape index (κ1) is 13.1. The number of aromatic nitrogens is 1. The molecule has 2 aromatic rings. The van der Waals surface area contributed by atoms with Gasteiger partial charge in [0.25, 0.3) is 5.91 Å². The van der Waals surface area contributed by atoms with Crippen molar-refractivity contribution in [3.63, 3.8) is 0 Å². The SMILES string of the molecule is Nc1cccnc1C(=O)N1c2ccccc2C[C@H]1C(=O)O. The van der Waals surface area contributed by atoms with Crippen molar-refractivity contribution in [3.8, 4) is 0 Å². The van der Waals surface area contributed by atoms with Crippen LogP contribution >= 0.6 is 0 Å². The number of para-hydroxylation sites is 1. The van der Waals surface area contributed by atoms with Crippen LogP contribution in [-0.4, -0.2) is 28.0 Å². The molecule has 0 saturated carbocycles. The van der Waals surface area contributed by atoms with Crippen molar-refractivity contribution in [1.82, 2.24) is 4.98 Å². The Morgan fingerprint density at radius 2 is 2.00 bits per heavy atom. The molecule has 0 unspecified atom stereocenters. The van der Waals surface area contributed by atoms with Crippen molar-refractivity contribution in [1.29, 1.82) is 0 Å². The third kappa shape index (κ3) is 2.10. The summed E-state index contributed by atoms with van der Waals surface area (Å²) in [5.41, 5.74) is 7.50. The zero-order chi connectivity index (χ0) is 15.0. The molecule has 0 bridgehead atoms. The topological polar surface area (TPSA) is 96.5 Å². The fraction of sp³-hybridized carbons (Fsp3) is 0.133. The maximum Gasteiger partial charge on any atom is 0.327 e. The van der Waals surface area contributed by atoms with E-state index in [1.165, 1.54) is 11.1 Å². The maximum absolute atomic E-state index is 12.7. The predicted molar refractivity (Wildman–Crippen MR) is 77.0 cm³/mol. The van der Waals surface area contributed by atoms with Crippen molar-refractivity contribution < 1.29 is 14.7 Å². The summed E-state index contributed by atoms with van der Waals surface area (Å²) in [5.74, 6) is -1.54. The summed E-state index contributed by atoms with van der Waals surface area (Å²) in [7, 11) is 0. The van der Waals surface area contributed by atoms with Crippen LogP contribution in [0.25, 0.3) is 0 Å².